The SMILES string of the molecule is CC(C)c1cc(C(=O)NC2=NCCC(=O)N2)ccc1Nc1cccc(C(=O)NC2CC2)c1. The van der Waals surface area contributed by atoms with Gasteiger partial charge in [-0.3, -0.25) is 30.0 Å². The van der Waals surface area contributed by atoms with Crippen molar-refractivity contribution in [2.75, 3.05) is 11.9 Å². The number of amides is 3. The van der Waals surface area contributed by atoms with Crippen molar-refractivity contribution in [3.63, 3.8) is 0 Å². The minimum Gasteiger partial charge on any atom is -0.355 e. The maximum atomic E-state index is 12.7. The molecule has 1 heterocycles. The second-order valence-electron chi connectivity index (χ2n) is 8.39. The van der Waals surface area contributed by atoms with Gasteiger partial charge in [0.05, 0.1) is 6.54 Å². The van der Waals surface area contributed by atoms with Gasteiger partial charge in [-0.15, -0.1) is 0 Å². The van der Waals surface area contributed by atoms with Gasteiger partial charge in [-0.2, -0.15) is 0 Å². The Morgan fingerprint density at radius 3 is 2.56 bits per heavy atom. The lowest BCUT2D eigenvalue weighted by atomic mass is 9.98. The van der Waals surface area contributed by atoms with Crippen LogP contribution in [0.15, 0.2) is 47.5 Å². The molecule has 4 N–H and O–H groups in total. The number of guanidine groups is 1. The fourth-order valence-electron chi connectivity index (χ4n) is 3.44. The molecule has 0 radical (unpaired) electrons. The van der Waals surface area contributed by atoms with Gasteiger partial charge in [0.1, 0.15) is 0 Å². The number of carbonyl (C=O) groups is 3. The van der Waals surface area contributed by atoms with Gasteiger partial charge in [0, 0.05) is 35.0 Å². The lowest BCUT2D eigenvalue weighted by molar-refractivity contribution is -0.119. The quantitative estimate of drug-likeness (QED) is 0.561. The fraction of sp³-hybridized carbons (Fsp3) is 0.333. The summed E-state index contributed by atoms with van der Waals surface area (Å²) < 4.78 is 0. The van der Waals surface area contributed by atoms with Crippen LogP contribution in [0.2, 0.25) is 0 Å². The summed E-state index contributed by atoms with van der Waals surface area (Å²) in [5, 5.41) is 11.6. The van der Waals surface area contributed by atoms with Crippen LogP contribution in [0.1, 0.15) is 65.3 Å². The number of hydrogen-bond acceptors (Lipinski definition) is 5. The zero-order valence-corrected chi connectivity index (χ0v) is 18.2. The maximum absolute atomic E-state index is 12.7. The van der Waals surface area contributed by atoms with Crippen molar-refractivity contribution < 1.29 is 14.4 Å². The third-order valence-electron chi connectivity index (χ3n) is 5.35. The van der Waals surface area contributed by atoms with Crippen LogP contribution in [-0.2, 0) is 4.79 Å². The zero-order chi connectivity index (χ0) is 22.7. The predicted molar refractivity (Wildman–Crippen MR) is 123 cm³/mol. The molecule has 0 spiro atoms. The monoisotopic (exact) mass is 433 g/mol. The van der Waals surface area contributed by atoms with Crippen molar-refractivity contribution in [2.45, 2.75) is 45.1 Å². The molecule has 1 saturated carbocycles. The molecule has 1 fully saturated rings. The summed E-state index contributed by atoms with van der Waals surface area (Å²) >= 11 is 0. The maximum Gasteiger partial charge on any atom is 0.257 e. The van der Waals surface area contributed by atoms with E-state index in [9.17, 15) is 14.4 Å². The Morgan fingerprint density at radius 2 is 1.84 bits per heavy atom. The van der Waals surface area contributed by atoms with E-state index in [2.05, 4.69) is 26.3 Å². The first-order valence-corrected chi connectivity index (χ1v) is 10.9. The molecule has 2 aromatic rings. The van der Waals surface area contributed by atoms with E-state index in [1.54, 1.807) is 12.1 Å². The molecule has 0 saturated heterocycles. The van der Waals surface area contributed by atoms with Gasteiger partial charge in [-0.1, -0.05) is 19.9 Å². The molecule has 0 atom stereocenters. The van der Waals surface area contributed by atoms with Crippen LogP contribution in [0.4, 0.5) is 11.4 Å². The third-order valence-corrected chi connectivity index (χ3v) is 5.35. The summed E-state index contributed by atoms with van der Waals surface area (Å²) in [6.45, 7) is 4.46. The molecule has 1 aliphatic carbocycles. The predicted octanol–water partition coefficient (Wildman–Crippen LogP) is 3.05. The fourth-order valence-corrected chi connectivity index (χ4v) is 3.44. The van der Waals surface area contributed by atoms with Gasteiger partial charge in [0.15, 0.2) is 0 Å². The van der Waals surface area contributed by atoms with Gasteiger partial charge in [-0.05, 0) is 60.7 Å². The third kappa shape index (κ3) is 5.32. The lowest BCUT2D eigenvalue weighted by Gasteiger charge is -2.18. The summed E-state index contributed by atoms with van der Waals surface area (Å²) in [5.74, 6) is -0.229. The van der Waals surface area contributed by atoms with Crippen LogP contribution < -0.4 is 21.3 Å². The Hall–Kier alpha value is -3.68. The first-order valence-electron chi connectivity index (χ1n) is 10.9. The van der Waals surface area contributed by atoms with E-state index in [-0.39, 0.29) is 29.6 Å². The van der Waals surface area contributed by atoms with Gasteiger partial charge < -0.3 is 10.6 Å². The minimum absolute atomic E-state index is 0.0648. The first-order chi connectivity index (χ1) is 15.4. The van der Waals surface area contributed by atoms with Crippen molar-refractivity contribution >= 4 is 35.1 Å². The molecule has 1 aliphatic heterocycles. The van der Waals surface area contributed by atoms with Crippen LogP contribution in [-0.4, -0.2) is 36.3 Å². The van der Waals surface area contributed by atoms with Crippen LogP contribution in [0, 0.1) is 0 Å². The number of nitrogens with one attached hydrogen (secondary N) is 4. The summed E-state index contributed by atoms with van der Waals surface area (Å²) in [6.07, 6.45) is 2.41. The first kappa shape index (κ1) is 21.5. The van der Waals surface area contributed by atoms with Crippen LogP contribution in [0.5, 0.6) is 0 Å². The van der Waals surface area contributed by atoms with Crippen molar-refractivity contribution in [3.8, 4) is 0 Å². The van der Waals surface area contributed by atoms with Gasteiger partial charge in [0.2, 0.25) is 11.9 Å². The summed E-state index contributed by atoms with van der Waals surface area (Å²) in [7, 11) is 0. The topological polar surface area (TPSA) is 112 Å². The van der Waals surface area contributed by atoms with E-state index >= 15 is 0 Å². The van der Waals surface area contributed by atoms with E-state index in [1.807, 2.05) is 44.2 Å². The molecule has 8 nitrogen and oxygen atoms in total. The normalized spacial score (nSPS) is 15.6. The molecule has 4 rings (SSSR count). The van der Waals surface area contributed by atoms with Gasteiger partial charge in [0.25, 0.3) is 11.8 Å². The standard InChI is InChI=1S/C24H27N5O3/c1-14(2)19-13-16(23(32)29-24-25-11-10-21(30)28-24)6-9-20(19)26-18-5-3-4-15(12-18)22(31)27-17-7-8-17/h3-6,9,12-14,17,26H,7-8,10-11H2,1-2H3,(H,27,31)(H2,25,28,29,30,32). The highest BCUT2D eigenvalue weighted by Crippen LogP contribution is 2.29. The largest absolute Gasteiger partial charge is 0.355 e. The van der Waals surface area contributed by atoms with E-state index in [0.717, 1.165) is 29.8 Å². The van der Waals surface area contributed by atoms with Crippen molar-refractivity contribution in [3.05, 3.63) is 59.2 Å². The molecule has 0 unspecified atom stereocenters. The Balaban J connectivity index is 1.51. The molecule has 2 aliphatic rings. The number of anilines is 2. The van der Waals surface area contributed by atoms with E-state index in [0.29, 0.717) is 30.1 Å². The molecule has 32 heavy (non-hydrogen) atoms. The number of aliphatic imine (C=N–C) groups is 1. The molecule has 3 amide bonds. The number of rotatable bonds is 6. The number of nitrogens with zero attached hydrogens (tertiary/aromatic N) is 1. The molecule has 2 aromatic carbocycles. The lowest BCUT2D eigenvalue weighted by Crippen LogP contribution is -2.46. The Labute approximate surface area is 186 Å². The molecular weight excluding hydrogens is 406 g/mol. The second-order valence-corrected chi connectivity index (χ2v) is 8.39. The number of hydrogen-bond donors (Lipinski definition) is 4. The van der Waals surface area contributed by atoms with Crippen LogP contribution in [0.25, 0.3) is 0 Å². The highest BCUT2D eigenvalue weighted by Gasteiger charge is 2.24. The zero-order valence-electron chi connectivity index (χ0n) is 18.2. The Bertz CT molecular complexity index is 1090. The van der Waals surface area contributed by atoms with Gasteiger partial charge >= 0.3 is 0 Å². The minimum atomic E-state index is -0.335. The van der Waals surface area contributed by atoms with Gasteiger partial charge in [-0.25, -0.2) is 0 Å². The second kappa shape index (κ2) is 9.21. The van der Waals surface area contributed by atoms with Crippen LogP contribution in [0.3, 0.4) is 0 Å². The molecule has 8 heteroatoms. The average Bonchev–Trinajstić information content (AvgIpc) is 3.58. The van der Waals surface area contributed by atoms with E-state index in [1.165, 1.54) is 0 Å². The van der Waals surface area contributed by atoms with Crippen molar-refractivity contribution in [2.24, 2.45) is 4.99 Å². The summed E-state index contributed by atoms with van der Waals surface area (Å²) in [5.41, 5.74) is 3.70. The van der Waals surface area contributed by atoms with Crippen molar-refractivity contribution in [1.29, 1.82) is 0 Å². The van der Waals surface area contributed by atoms with Crippen molar-refractivity contribution in [1.82, 2.24) is 16.0 Å². The Morgan fingerprint density at radius 1 is 1.06 bits per heavy atom. The highest BCUT2D eigenvalue weighted by molar-refractivity contribution is 6.10. The van der Waals surface area contributed by atoms with E-state index < -0.39 is 0 Å². The molecular formula is C24H27N5O3. The number of benzene rings is 2. The Kier molecular flexibility index (Phi) is 6.20. The summed E-state index contributed by atoms with van der Waals surface area (Å²) in [4.78, 5) is 40.7. The van der Waals surface area contributed by atoms with Crippen LogP contribution >= 0.6 is 0 Å². The summed E-state index contributed by atoms with van der Waals surface area (Å²) in [6, 6.07) is 13.1. The smallest absolute Gasteiger partial charge is 0.257 e. The highest BCUT2D eigenvalue weighted by atomic mass is 16.2. The number of carbonyl (C=O) groups excluding carboxylic acids is 3. The molecule has 0 aromatic heterocycles. The molecule has 0 bridgehead atoms. The average molecular weight is 434 g/mol. The van der Waals surface area contributed by atoms with E-state index in [4.69, 9.17) is 0 Å². The molecule has 166 valence electrons.